The molecule has 0 saturated carbocycles. The van der Waals surface area contributed by atoms with E-state index in [1.807, 2.05) is 0 Å². The molecule has 5 nitrogen and oxygen atoms in total. The Morgan fingerprint density at radius 2 is 1.92 bits per heavy atom. The van der Waals surface area contributed by atoms with Crippen molar-refractivity contribution in [2.45, 2.75) is 13.0 Å². The van der Waals surface area contributed by atoms with Gasteiger partial charge in [0.1, 0.15) is 11.4 Å². The molecule has 0 aliphatic rings. The lowest BCUT2D eigenvalue weighted by Crippen LogP contribution is -2.20. The first-order chi connectivity index (χ1) is 12.0. The van der Waals surface area contributed by atoms with Crippen LogP contribution in [0, 0.1) is 17.7 Å². The summed E-state index contributed by atoms with van der Waals surface area (Å²) in [4.78, 5) is 12.4. The second-order valence-corrected chi connectivity index (χ2v) is 4.91. The summed E-state index contributed by atoms with van der Waals surface area (Å²) in [5, 5.41) is 6.66. The summed E-state index contributed by atoms with van der Waals surface area (Å²) in [5.74, 6) is 4.10. The summed E-state index contributed by atoms with van der Waals surface area (Å²) in [7, 11) is 0. The third-order valence-electron chi connectivity index (χ3n) is 3.20. The fraction of sp³-hybridized carbons (Fsp3) is 0.118. The van der Waals surface area contributed by atoms with Crippen molar-refractivity contribution < 1.29 is 17.6 Å². The van der Waals surface area contributed by atoms with E-state index in [-0.39, 0.29) is 23.8 Å². The highest BCUT2D eigenvalue weighted by Gasteiger charge is 2.18. The van der Waals surface area contributed by atoms with Gasteiger partial charge in [-0.05, 0) is 36.4 Å². The zero-order valence-electron chi connectivity index (χ0n) is 12.6. The number of hydrogen-bond donors (Lipinski definition) is 0. The molecular formula is C17H10F3N3O2. The topological polar surface area (TPSA) is 60.9 Å². The molecular weight excluding hydrogens is 335 g/mol. The number of alkyl halides is 2. The van der Waals surface area contributed by atoms with E-state index >= 15 is 0 Å². The predicted molar refractivity (Wildman–Crippen MR) is 82.2 cm³/mol. The third kappa shape index (κ3) is 3.77. The summed E-state index contributed by atoms with van der Waals surface area (Å²) >= 11 is 0. The average Bonchev–Trinajstić information content (AvgIpc) is 3.08. The van der Waals surface area contributed by atoms with Gasteiger partial charge >= 0.3 is 6.43 Å². The minimum atomic E-state index is -2.91. The van der Waals surface area contributed by atoms with Gasteiger partial charge < -0.3 is 8.98 Å². The number of halogens is 3. The third-order valence-corrected chi connectivity index (χ3v) is 3.20. The Kier molecular flexibility index (Phi) is 4.66. The minimum Gasteiger partial charge on any atom is -0.415 e. The maximum Gasteiger partial charge on any atom is 0.314 e. The van der Waals surface area contributed by atoms with Crippen LogP contribution < -0.4 is 5.56 Å². The van der Waals surface area contributed by atoms with E-state index in [9.17, 15) is 18.0 Å². The van der Waals surface area contributed by atoms with Gasteiger partial charge in [-0.1, -0.05) is 11.8 Å². The van der Waals surface area contributed by atoms with Crippen LogP contribution in [0.15, 0.2) is 51.8 Å². The highest BCUT2D eigenvalue weighted by molar-refractivity contribution is 5.50. The molecule has 3 rings (SSSR count). The summed E-state index contributed by atoms with van der Waals surface area (Å²) in [6, 6.07) is 8.55. The zero-order chi connectivity index (χ0) is 17.8. The molecule has 0 atom stereocenters. The van der Waals surface area contributed by atoms with Crippen LogP contribution in [0.1, 0.15) is 17.9 Å². The van der Waals surface area contributed by atoms with Crippen molar-refractivity contribution in [2.24, 2.45) is 0 Å². The van der Waals surface area contributed by atoms with E-state index in [1.54, 1.807) is 6.07 Å². The molecule has 2 heterocycles. The average molecular weight is 345 g/mol. The maximum atomic E-state index is 12.8. The molecule has 0 spiro atoms. The van der Waals surface area contributed by atoms with E-state index in [0.717, 1.165) is 0 Å². The molecule has 1 aromatic carbocycles. The number of hydrogen-bond acceptors (Lipinski definition) is 4. The first kappa shape index (κ1) is 16.5. The second-order valence-electron chi connectivity index (χ2n) is 4.91. The molecule has 0 saturated heterocycles. The second kappa shape index (κ2) is 7.05. The van der Waals surface area contributed by atoms with E-state index in [4.69, 9.17) is 4.42 Å². The van der Waals surface area contributed by atoms with Gasteiger partial charge in [-0.25, -0.2) is 4.39 Å². The molecule has 2 aromatic heterocycles. The van der Waals surface area contributed by atoms with Crippen molar-refractivity contribution in [3.63, 3.8) is 0 Å². The Morgan fingerprint density at radius 1 is 1.16 bits per heavy atom. The van der Waals surface area contributed by atoms with Crippen LogP contribution >= 0.6 is 0 Å². The van der Waals surface area contributed by atoms with Crippen molar-refractivity contribution in [2.75, 3.05) is 0 Å². The monoisotopic (exact) mass is 345 g/mol. The van der Waals surface area contributed by atoms with Crippen molar-refractivity contribution in [1.82, 2.24) is 14.8 Å². The van der Waals surface area contributed by atoms with Crippen LogP contribution in [0.4, 0.5) is 13.2 Å². The molecule has 0 radical (unpaired) electrons. The SMILES string of the molecule is O=c1c(-c2nnc(C(F)F)o2)cccn1CC#Cc1ccc(F)cc1. The molecule has 0 fully saturated rings. The molecule has 126 valence electrons. The lowest BCUT2D eigenvalue weighted by Gasteiger charge is -2.01. The smallest absolute Gasteiger partial charge is 0.314 e. The molecule has 0 bridgehead atoms. The Morgan fingerprint density at radius 3 is 2.60 bits per heavy atom. The van der Waals surface area contributed by atoms with E-state index < -0.39 is 17.9 Å². The summed E-state index contributed by atoms with van der Waals surface area (Å²) in [5.41, 5.74) is 0.106. The highest BCUT2D eigenvalue weighted by atomic mass is 19.3. The van der Waals surface area contributed by atoms with Crippen molar-refractivity contribution in [3.05, 3.63) is 70.2 Å². The standard InChI is InChI=1S/C17H10F3N3O2/c18-12-7-5-11(6-8-12)3-1-9-23-10-2-4-13(17(23)24)15-21-22-16(25-15)14(19)20/h2,4-8,10,14H,9H2. The minimum absolute atomic E-state index is 0.00508. The number of benzene rings is 1. The predicted octanol–water partition coefficient (Wildman–Crippen LogP) is 3.03. The van der Waals surface area contributed by atoms with E-state index in [0.29, 0.717) is 5.56 Å². The van der Waals surface area contributed by atoms with Gasteiger partial charge in [0.2, 0.25) is 0 Å². The van der Waals surface area contributed by atoms with Gasteiger partial charge in [0.25, 0.3) is 17.3 Å². The first-order valence-electron chi connectivity index (χ1n) is 7.10. The Hall–Kier alpha value is -3.34. The highest BCUT2D eigenvalue weighted by Crippen LogP contribution is 2.20. The van der Waals surface area contributed by atoms with Crippen LogP contribution in [0.2, 0.25) is 0 Å². The summed E-state index contributed by atoms with van der Waals surface area (Å²) in [6.07, 6.45) is -1.41. The van der Waals surface area contributed by atoms with Gasteiger partial charge in [0, 0.05) is 11.8 Å². The van der Waals surface area contributed by atoms with Gasteiger partial charge in [-0.2, -0.15) is 8.78 Å². The van der Waals surface area contributed by atoms with Crippen molar-refractivity contribution in [3.8, 4) is 23.3 Å². The van der Waals surface area contributed by atoms with E-state index in [1.165, 1.54) is 41.1 Å². The Labute approximate surface area is 139 Å². The number of nitrogens with zero attached hydrogens (tertiary/aromatic N) is 3. The maximum absolute atomic E-state index is 12.8. The Balaban J connectivity index is 1.84. The molecule has 0 aliphatic carbocycles. The van der Waals surface area contributed by atoms with Crippen LogP contribution in [-0.2, 0) is 6.54 Å². The van der Waals surface area contributed by atoms with Gasteiger partial charge in [0.05, 0.1) is 6.54 Å². The molecule has 0 unspecified atom stereocenters. The summed E-state index contributed by atoms with van der Waals surface area (Å²) in [6.45, 7) is 0.0554. The number of aromatic nitrogens is 3. The van der Waals surface area contributed by atoms with Gasteiger partial charge in [-0.3, -0.25) is 4.79 Å². The normalized spacial score (nSPS) is 10.6. The van der Waals surface area contributed by atoms with Crippen LogP contribution in [-0.4, -0.2) is 14.8 Å². The molecule has 0 amide bonds. The molecule has 8 heteroatoms. The van der Waals surface area contributed by atoms with Crippen molar-refractivity contribution >= 4 is 0 Å². The molecule has 0 aliphatic heterocycles. The lowest BCUT2D eigenvalue weighted by molar-refractivity contribution is 0.116. The fourth-order valence-electron chi connectivity index (χ4n) is 2.02. The molecule has 25 heavy (non-hydrogen) atoms. The quantitative estimate of drug-likeness (QED) is 0.685. The fourth-order valence-corrected chi connectivity index (χ4v) is 2.02. The van der Waals surface area contributed by atoms with E-state index in [2.05, 4.69) is 22.0 Å². The number of rotatable bonds is 3. The lowest BCUT2D eigenvalue weighted by atomic mass is 10.2. The van der Waals surface area contributed by atoms with Crippen molar-refractivity contribution in [1.29, 1.82) is 0 Å². The van der Waals surface area contributed by atoms with Crippen LogP contribution in [0.3, 0.4) is 0 Å². The van der Waals surface area contributed by atoms with Crippen LogP contribution in [0.5, 0.6) is 0 Å². The zero-order valence-corrected chi connectivity index (χ0v) is 12.6. The first-order valence-corrected chi connectivity index (χ1v) is 7.10. The van der Waals surface area contributed by atoms with Crippen LogP contribution in [0.25, 0.3) is 11.5 Å². The van der Waals surface area contributed by atoms with Gasteiger partial charge in [0.15, 0.2) is 0 Å². The largest absolute Gasteiger partial charge is 0.415 e. The number of pyridine rings is 1. The Bertz CT molecular complexity index is 998. The molecule has 3 aromatic rings. The van der Waals surface area contributed by atoms with Gasteiger partial charge in [-0.15, -0.1) is 10.2 Å². The molecule has 0 N–H and O–H groups in total. The summed E-state index contributed by atoms with van der Waals surface area (Å²) < 4.78 is 43.9.